The lowest BCUT2D eigenvalue weighted by Crippen LogP contribution is -2.51. The number of nitrogens with zero attached hydrogens (tertiary/aromatic N) is 2. The molecule has 2 amide bonds. The maximum Gasteiger partial charge on any atom is 0.264 e. The Balaban J connectivity index is 2.04. The number of carbonyl (C=O) groups is 2. The van der Waals surface area contributed by atoms with Crippen molar-refractivity contribution in [3.63, 3.8) is 0 Å². The number of carbonyl (C=O) groups excluding carboxylic acids is 2. The summed E-state index contributed by atoms with van der Waals surface area (Å²) in [5, 5.41) is 3.10. The van der Waals surface area contributed by atoms with Gasteiger partial charge in [-0.2, -0.15) is 0 Å². The van der Waals surface area contributed by atoms with E-state index in [0.29, 0.717) is 17.1 Å². The third-order valence-electron chi connectivity index (χ3n) is 6.35. The number of amides is 2. The molecule has 39 heavy (non-hydrogen) atoms. The van der Waals surface area contributed by atoms with Gasteiger partial charge in [-0.25, -0.2) is 12.8 Å². The average molecular weight is 574 g/mol. The van der Waals surface area contributed by atoms with Gasteiger partial charge in [0.25, 0.3) is 10.0 Å². The summed E-state index contributed by atoms with van der Waals surface area (Å²) in [7, 11) is -4.21. The quantitative estimate of drug-likeness (QED) is 0.297. The monoisotopic (exact) mass is 573 g/mol. The van der Waals surface area contributed by atoms with E-state index in [1.807, 2.05) is 6.92 Å². The highest BCUT2D eigenvalue weighted by molar-refractivity contribution is 7.92. The molecule has 1 N–H and O–H groups in total. The number of benzene rings is 3. The molecular formula is C29H33ClFN3O4S. The minimum absolute atomic E-state index is 0.0109. The van der Waals surface area contributed by atoms with Crippen molar-refractivity contribution in [3.05, 3.63) is 94.8 Å². The zero-order valence-electron chi connectivity index (χ0n) is 22.2. The predicted octanol–water partition coefficient (Wildman–Crippen LogP) is 5.32. The third-order valence-corrected chi connectivity index (χ3v) is 8.35. The number of halogens is 2. The van der Waals surface area contributed by atoms with Crippen molar-refractivity contribution in [2.75, 3.05) is 17.4 Å². The fourth-order valence-corrected chi connectivity index (χ4v) is 5.67. The Labute approximate surface area is 234 Å². The van der Waals surface area contributed by atoms with Crippen LogP contribution >= 0.6 is 11.6 Å². The van der Waals surface area contributed by atoms with Crippen LogP contribution in [0.1, 0.15) is 37.8 Å². The number of sulfonamides is 1. The van der Waals surface area contributed by atoms with Crippen molar-refractivity contribution in [1.82, 2.24) is 10.2 Å². The van der Waals surface area contributed by atoms with Crippen LogP contribution in [0.2, 0.25) is 5.02 Å². The number of hydrogen-bond donors (Lipinski definition) is 1. The molecule has 3 rings (SSSR count). The van der Waals surface area contributed by atoms with Gasteiger partial charge < -0.3 is 10.2 Å². The van der Waals surface area contributed by atoms with Crippen molar-refractivity contribution in [3.8, 4) is 0 Å². The van der Waals surface area contributed by atoms with Gasteiger partial charge in [-0.3, -0.25) is 13.9 Å². The zero-order chi connectivity index (χ0) is 28.6. The van der Waals surface area contributed by atoms with Crippen molar-refractivity contribution in [2.24, 2.45) is 0 Å². The molecular weight excluding hydrogens is 541 g/mol. The lowest BCUT2D eigenvalue weighted by Gasteiger charge is -2.32. The van der Waals surface area contributed by atoms with Gasteiger partial charge in [0.1, 0.15) is 18.4 Å². The zero-order valence-corrected chi connectivity index (χ0v) is 23.8. The van der Waals surface area contributed by atoms with Crippen LogP contribution in [0.15, 0.2) is 77.7 Å². The first kappa shape index (κ1) is 30.1. The predicted molar refractivity (Wildman–Crippen MR) is 151 cm³/mol. The van der Waals surface area contributed by atoms with Gasteiger partial charge in [-0.05, 0) is 56.2 Å². The number of anilines is 1. The Hall–Kier alpha value is -3.43. The van der Waals surface area contributed by atoms with E-state index < -0.39 is 40.2 Å². The van der Waals surface area contributed by atoms with Gasteiger partial charge in [0.05, 0.1) is 10.6 Å². The lowest BCUT2D eigenvalue weighted by molar-refractivity contribution is -0.139. The second-order valence-electron chi connectivity index (χ2n) is 9.19. The fourth-order valence-electron chi connectivity index (χ4n) is 4.01. The summed E-state index contributed by atoms with van der Waals surface area (Å²) in [6, 6.07) is 17.5. The Bertz CT molecular complexity index is 1400. The Kier molecular flexibility index (Phi) is 10.5. The summed E-state index contributed by atoms with van der Waals surface area (Å²) in [6.45, 7) is 4.83. The van der Waals surface area contributed by atoms with Crippen molar-refractivity contribution in [1.29, 1.82) is 0 Å². The molecule has 1 atom stereocenters. The first-order chi connectivity index (χ1) is 18.6. The molecule has 0 saturated carbocycles. The summed E-state index contributed by atoms with van der Waals surface area (Å²) in [5.74, 6) is -1.62. The van der Waals surface area contributed by atoms with E-state index in [0.717, 1.165) is 17.1 Å². The normalized spacial score (nSPS) is 12.0. The molecule has 0 unspecified atom stereocenters. The SMILES string of the molecule is CCCCNC(=O)[C@@H](C)N(Cc1ccccc1F)C(=O)CN(c1cc(Cl)ccc1C)S(=O)(=O)c1ccccc1. The van der Waals surface area contributed by atoms with Gasteiger partial charge in [-0.1, -0.05) is 67.4 Å². The number of aryl methyl sites for hydroxylation is 1. The van der Waals surface area contributed by atoms with Crippen LogP contribution < -0.4 is 9.62 Å². The molecule has 10 heteroatoms. The first-order valence-electron chi connectivity index (χ1n) is 12.7. The minimum Gasteiger partial charge on any atom is -0.354 e. The molecule has 7 nitrogen and oxygen atoms in total. The topological polar surface area (TPSA) is 86.8 Å². The van der Waals surface area contributed by atoms with E-state index in [9.17, 15) is 22.4 Å². The summed E-state index contributed by atoms with van der Waals surface area (Å²) in [4.78, 5) is 28.0. The Morgan fingerprint density at radius 2 is 1.69 bits per heavy atom. The fraction of sp³-hybridized carbons (Fsp3) is 0.310. The molecule has 3 aromatic carbocycles. The molecule has 0 bridgehead atoms. The van der Waals surface area contributed by atoms with Gasteiger partial charge >= 0.3 is 0 Å². The first-order valence-corrected chi connectivity index (χ1v) is 14.5. The van der Waals surface area contributed by atoms with Crippen LogP contribution in [0.25, 0.3) is 0 Å². The summed E-state index contributed by atoms with van der Waals surface area (Å²) >= 11 is 6.22. The Morgan fingerprint density at radius 3 is 2.36 bits per heavy atom. The minimum atomic E-state index is -4.21. The van der Waals surface area contributed by atoms with Crippen LogP contribution in [0.5, 0.6) is 0 Å². The van der Waals surface area contributed by atoms with E-state index in [1.165, 1.54) is 41.3 Å². The van der Waals surface area contributed by atoms with Crippen LogP contribution in [0, 0.1) is 12.7 Å². The number of rotatable bonds is 12. The molecule has 0 aliphatic carbocycles. The lowest BCUT2D eigenvalue weighted by atomic mass is 10.1. The maximum atomic E-state index is 14.6. The van der Waals surface area contributed by atoms with Crippen molar-refractivity contribution in [2.45, 2.75) is 51.1 Å². The van der Waals surface area contributed by atoms with E-state index in [-0.39, 0.29) is 22.7 Å². The smallest absolute Gasteiger partial charge is 0.264 e. The van der Waals surface area contributed by atoms with Gasteiger partial charge in [0, 0.05) is 23.7 Å². The van der Waals surface area contributed by atoms with Crippen molar-refractivity contribution >= 4 is 39.1 Å². The highest BCUT2D eigenvalue weighted by Crippen LogP contribution is 2.30. The molecule has 208 valence electrons. The van der Waals surface area contributed by atoms with Gasteiger partial charge in [0.15, 0.2) is 0 Å². The van der Waals surface area contributed by atoms with Crippen LogP contribution in [-0.4, -0.2) is 44.3 Å². The van der Waals surface area contributed by atoms with Crippen LogP contribution in [-0.2, 0) is 26.2 Å². The largest absolute Gasteiger partial charge is 0.354 e. The van der Waals surface area contributed by atoms with E-state index in [4.69, 9.17) is 11.6 Å². The van der Waals surface area contributed by atoms with Crippen LogP contribution in [0.4, 0.5) is 10.1 Å². The Morgan fingerprint density at radius 1 is 1.03 bits per heavy atom. The number of hydrogen-bond acceptors (Lipinski definition) is 4. The molecule has 0 aliphatic rings. The maximum absolute atomic E-state index is 14.6. The number of nitrogens with one attached hydrogen (secondary N) is 1. The second-order valence-corrected chi connectivity index (χ2v) is 11.5. The summed E-state index contributed by atoms with van der Waals surface area (Å²) in [6.07, 6.45) is 1.63. The summed E-state index contributed by atoms with van der Waals surface area (Å²) < 4.78 is 43.2. The standard InChI is InChI=1S/C29H33ClFN3O4S/c1-4-5-17-32-29(36)22(3)33(19-23-11-9-10-14-26(23)31)28(35)20-34(27-18-24(30)16-15-21(27)2)39(37,38)25-12-7-6-8-13-25/h6-16,18,22H,4-5,17,19-20H2,1-3H3,(H,32,36)/t22-/m1/s1. The van der Waals surface area contributed by atoms with E-state index in [1.54, 1.807) is 50.2 Å². The van der Waals surface area contributed by atoms with Crippen molar-refractivity contribution < 1.29 is 22.4 Å². The number of unbranched alkanes of at least 4 members (excludes halogenated alkanes) is 1. The second kappa shape index (κ2) is 13.6. The molecule has 0 spiro atoms. The van der Waals surface area contributed by atoms with E-state index in [2.05, 4.69) is 5.32 Å². The molecule has 0 aliphatic heterocycles. The molecule has 0 fully saturated rings. The third kappa shape index (κ3) is 7.58. The summed E-state index contributed by atoms with van der Waals surface area (Å²) in [5.41, 5.74) is 1.01. The molecule has 0 saturated heterocycles. The highest BCUT2D eigenvalue weighted by atomic mass is 35.5. The highest BCUT2D eigenvalue weighted by Gasteiger charge is 2.33. The molecule has 3 aromatic rings. The van der Waals surface area contributed by atoms with E-state index >= 15 is 0 Å². The van der Waals surface area contributed by atoms with Gasteiger partial charge in [-0.15, -0.1) is 0 Å². The van der Waals surface area contributed by atoms with Gasteiger partial charge in [0.2, 0.25) is 11.8 Å². The molecule has 0 radical (unpaired) electrons. The average Bonchev–Trinajstić information content (AvgIpc) is 2.92. The molecule has 0 aromatic heterocycles. The molecule has 0 heterocycles. The van der Waals surface area contributed by atoms with Crippen LogP contribution in [0.3, 0.4) is 0 Å².